The highest BCUT2D eigenvalue weighted by Crippen LogP contribution is 2.12. The third kappa shape index (κ3) is 7.72. The van der Waals surface area contributed by atoms with Crippen LogP contribution >= 0.6 is 0 Å². The van der Waals surface area contributed by atoms with Crippen LogP contribution < -0.4 is 4.74 Å². The Labute approximate surface area is 135 Å². The van der Waals surface area contributed by atoms with Crippen LogP contribution in [0.15, 0.2) is 30.0 Å². The summed E-state index contributed by atoms with van der Waals surface area (Å²) < 4.78 is 34.8. The average Bonchev–Trinajstić information content (AvgIpc) is 2.55. The number of carbonyl (C=O) groups is 1. The van der Waals surface area contributed by atoms with Gasteiger partial charge in [-0.2, -0.15) is 8.78 Å². The minimum atomic E-state index is -1.73. The Kier molecular flexibility index (Phi) is 8.87. The number of ether oxygens (including phenoxy) is 2. The highest BCUT2D eigenvalue weighted by molar-refractivity contribution is 5.89. The molecule has 0 spiro atoms. The topological polar surface area (TPSA) is 48.4 Å². The van der Waals surface area contributed by atoms with Crippen LogP contribution in [0.25, 0.3) is 0 Å². The smallest absolute Gasteiger partial charge is 0.339 e. The van der Waals surface area contributed by atoms with Gasteiger partial charge in [0.25, 0.3) is 6.08 Å². The second-order valence-electron chi connectivity index (χ2n) is 5.22. The first kappa shape index (κ1) is 19.1. The van der Waals surface area contributed by atoms with Crippen molar-refractivity contribution in [2.24, 2.45) is 0 Å². The predicted octanol–water partition coefficient (Wildman–Crippen LogP) is 4.76. The van der Waals surface area contributed by atoms with Gasteiger partial charge in [0.15, 0.2) is 0 Å². The maximum absolute atomic E-state index is 12.2. The molecule has 0 bridgehead atoms. The van der Waals surface area contributed by atoms with Crippen LogP contribution in [0, 0.1) is 0 Å². The quantitative estimate of drug-likeness (QED) is 0.459. The monoisotopic (exact) mass is 327 g/mol. The number of hydrogen-bond acceptors (Lipinski definition) is 4. The molecule has 6 heteroatoms. The number of hydrogen-bond donors (Lipinski definition) is 0. The van der Waals surface area contributed by atoms with Gasteiger partial charge >= 0.3 is 5.97 Å². The number of halogens is 2. The zero-order chi connectivity index (χ0) is 17.1. The van der Waals surface area contributed by atoms with Crippen LogP contribution in [-0.4, -0.2) is 24.2 Å². The van der Waals surface area contributed by atoms with Gasteiger partial charge in [-0.25, -0.2) is 9.78 Å². The molecule has 0 N–H and O–H groups in total. The van der Waals surface area contributed by atoms with Crippen LogP contribution in [-0.2, 0) is 4.74 Å². The minimum Gasteiger partial charge on any atom is -0.478 e. The molecule has 1 heterocycles. The minimum absolute atomic E-state index is 0.0143. The van der Waals surface area contributed by atoms with E-state index in [9.17, 15) is 13.6 Å². The first-order chi connectivity index (χ1) is 11.0. The van der Waals surface area contributed by atoms with Crippen LogP contribution in [0.4, 0.5) is 8.78 Å². The van der Waals surface area contributed by atoms with Gasteiger partial charge < -0.3 is 9.47 Å². The zero-order valence-corrected chi connectivity index (χ0v) is 13.6. The lowest BCUT2D eigenvalue weighted by molar-refractivity contribution is 0.0507. The van der Waals surface area contributed by atoms with Crippen molar-refractivity contribution in [3.05, 3.63) is 35.5 Å². The van der Waals surface area contributed by atoms with Crippen LogP contribution in [0.3, 0.4) is 0 Å². The molecule has 0 unspecified atom stereocenters. The van der Waals surface area contributed by atoms with Crippen molar-refractivity contribution >= 4 is 5.97 Å². The molecular formula is C17H23F2NO3. The van der Waals surface area contributed by atoms with Crippen molar-refractivity contribution in [1.29, 1.82) is 0 Å². The largest absolute Gasteiger partial charge is 0.478 e. The summed E-state index contributed by atoms with van der Waals surface area (Å²) in [7, 11) is 0. The van der Waals surface area contributed by atoms with Gasteiger partial charge in [0.2, 0.25) is 5.88 Å². The molecule has 0 saturated carbocycles. The molecule has 1 rings (SSSR count). The Morgan fingerprint density at radius 3 is 2.57 bits per heavy atom. The zero-order valence-electron chi connectivity index (χ0n) is 13.6. The number of pyridine rings is 1. The van der Waals surface area contributed by atoms with Gasteiger partial charge in [-0.1, -0.05) is 26.2 Å². The maximum atomic E-state index is 12.2. The van der Waals surface area contributed by atoms with Gasteiger partial charge in [0.05, 0.1) is 18.8 Å². The fourth-order valence-electron chi connectivity index (χ4n) is 1.77. The van der Waals surface area contributed by atoms with E-state index in [1.165, 1.54) is 26.0 Å². The first-order valence-electron chi connectivity index (χ1n) is 7.81. The van der Waals surface area contributed by atoms with E-state index in [1.54, 1.807) is 12.1 Å². The van der Waals surface area contributed by atoms with E-state index in [-0.39, 0.29) is 24.2 Å². The molecule has 0 saturated heterocycles. The lowest BCUT2D eigenvalue weighted by Crippen LogP contribution is -2.08. The third-order valence-corrected chi connectivity index (χ3v) is 3.25. The predicted molar refractivity (Wildman–Crippen MR) is 83.7 cm³/mol. The molecule has 1 aromatic rings. The summed E-state index contributed by atoms with van der Waals surface area (Å²) in [6.07, 6.45) is 4.09. The Bertz CT molecular complexity index is 511. The van der Waals surface area contributed by atoms with Crippen molar-refractivity contribution in [3.63, 3.8) is 0 Å². The molecule has 0 radical (unpaired) electrons. The molecule has 0 aliphatic rings. The third-order valence-electron chi connectivity index (χ3n) is 3.25. The molecule has 1 aromatic heterocycles. The van der Waals surface area contributed by atoms with Crippen molar-refractivity contribution < 1.29 is 23.0 Å². The SMILES string of the molecule is CCCCCCOc1ccc(C(=O)OCCC(C)=C(F)F)cn1. The molecule has 0 aliphatic heterocycles. The number of unbranched alkanes of at least 4 members (excludes halogenated alkanes) is 3. The van der Waals surface area contributed by atoms with Crippen molar-refractivity contribution in [2.75, 3.05) is 13.2 Å². The molecule has 0 aliphatic carbocycles. The molecule has 0 atom stereocenters. The average molecular weight is 327 g/mol. The summed E-state index contributed by atoms with van der Waals surface area (Å²) in [5, 5.41) is 0. The Hall–Kier alpha value is -1.98. The normalized spacial score (nSPS) is 10.3. The van der Waals surface area contributed by atoms with Crippen LogP contribution in [0.2, 0.25) is 0 Å². The van der Waals surface area contributed by atoms with E-state index in [0.717, 1.165) is 12.8 Å². The molecule has 0 aromatic carbocycles. The van der Waals surface area contributed by atoms with Gasteiger partial charge in [-0.15, -0.1) is 0 Å². The highest BCUT2D eigenvalue weighted by atomic mass is 19.3. The lowest BCUT2D eigenvalue weighted by atomic mass is 10.2. The summed E-state index contributed by atoms with van der Waals surface area (Å²) in [4.78, 5) is 15.8. The van der Waals surface area contributed by atoms with Gasteiger partial charge in [-0.3, -0.25) is 0 Å². The van der Waals surface area contributed by atoms with E-state index in [2.05, 4.69) is 11.9 Å². The number of rotatable bonds is 10. The molecule has 4 nitrogen and oxygen atoms in total. The lowest BCUT2D eigenvalue weighted by Gasteiger charge is -2.07. The van der Waals surface area contributed by atoms with E-state index in [0.29, 0.717) is 12.5 Å². The summed E-state index contributed by atoms with van der Waals surface area (Å²) in [6, 6.07) is 3.15. The van der Waals surface area contributed by atoms with E-state index < -0.39 is 12.0 Å². The first-order valence-corrected chi connectivity index (χ1v) is 7.81. The molecule has 23 heavy (non-hydrogen) atoms. The van der Waals surface area contributed by atoms with Gasteiger partial charge in [0.1, 0.15) is 0 Å². The fraction of sp³-hybridized carbons (Fsp3) is 0.529. The Morgan fingerprint density at radius 1 is 1.17 bits per heavy atom. The summed E-state index contributed by atoms with van der Waals surface area (Å²) in [6.45, 7) is 3.96. The van der Waals surface area contributed by atoms with E-state index in [1.807, 2.05) is 0 Å². The number of nitrogens with zero attached hydrogens (tertiary/aromatic N) is 1. The summed E-state index contributed by atoms with van der Waals surface area (Å²) >= 11 is 0. The van der Waals surface area contributed by atoms with Crippen molar-refractivity contribution in [1.82, 2.24) is 4.98 Å². The molecule has 0 amide bonds. The van der Waals surface area contributed by atoms with Crippen LogP contribution in [0.5, 0.6) is 5.88 Å². The van der Waals surface area contributed by atoms with Gasteiger partial charge in [-0.05, 0) is 25.0 Å². The molecule has 0 fully saturated rings. The standard InChI is InChI=1S/C17H23F2NO3/c1-3-4-5-6-10-22-15-8-7-14(12-20-15)17(21)23-11-9-13(2)16(18)19/h7-8,12H,3-6,9-11H2,1-2H3. The maximum Gasteiger partial charge on any atom is 0.339 e. The van der Waals surface area contributed by atoms with Crippen molar-refractivity contribution in [2.45, 2.75) is 46.0 Å². The van der Waals surface area contributed by atoms with Gasteiger partial charge in [0, 0.05) is 18.7 Å². The fourth-order valence-corrected chi connectivity index (χ4v) is 1.77. The highest BCUT2D eigenvalue weighted by Gasteiger charge is 2.09. The Balaban J connectivity index is 2.34. The second kappa shape index (κ2) is 10.7. The van der Waals surface area contributed by atoms with Crippen LogP contribution in [0.1, 0.15) is 56.3 Å². The van der Waals surface area contributed by atoms with E-state index in [4.69, 9.17) is 9.47 Å². The summed E-state index contributed by atoms with van der Waals surface area (Å²) in [5.74, 6) is -0.129. The second-order valence-corrected chi connectivity index (χ2v) is 5.22. The summed E-state index contributed by atoms with van der Waals surface area (Å²) in [5.41, 5.74) is 0.188. The molecule has 128 valence electrons. The number of carbonyl (C=O) groups excluding carboxylic acids is 1. The van der Waals surface area contributed by atoms with Crippen molar-refractivity contribution in [3.8, 4) is 5.88 Å². The molecular weight excluding hydrogens is 304 g/mol. The number of aromatic nitrogens is 1. The number of esters is 1. The van der Waals surface area contributed by atoms with E-state index >= 15 is 0 Å². The Morgan fingerprint density at radius 2 is 1.96 bits per heavy atom.